The van der Waals surface area contributed by atoms with Crippen LogP contribution in [-0.4, -0.2) is 38.0 Å². The predicted octanol–water partition coefficient (Wildman–Crippen LogP) is 7.51. The van der Waals surface area contributed by atoms with E-state index >= 15 is 0 Å². The molecule has 1 aliphatic carbocycles. The van der Waals surface area contributed by atoms with Crippen LogP contribution < -0.4 is 0 Å². The van der Waals surface area contributed by atoms with Gasteiger partial charge in [0.1, 0.15) is 12.4 Å². The van der Waals surface area contributed by atoms with E-state index in [0.29, 0.717) is 24.5 Å². The zero-order valence-corrected chi connectivity index (χ0v) is 21.4. The number of benzene rings is 2. The van der Waals surface area contributed by atoms with Gasteiger partial charge in [0.15, 0.2) is 5.78 Å². The monoisotopic (exact) mass is 562 g/mol. The van der Waals surface area contributed by atoms with Crippen molar-refractivity contribution in [3.63, 3.8) is 0 Å². The maximum Gasteiger partial charge on any atom is 0.416 e. The maximum absolute atomic E-state index is 12.6. The normalized spacial score (nSPS) is 17.3. The Bertz CT molecular complexity index is 1090. The van der Waals surface area contributed by atoms with E-state index < -0.39 is 35.6 Å². The number of ether oxygens (including phenoxy) is 1. The van der Waals surface area contributed by atoms with Gasteiger partial charge in [-0.2, -0.15) is 31.2 Å². The van der Waals surface area contributed by atoms with Gasteiger partial charge in [-0.3, -0.25) is 4.79 Å². The Kier molecular flexibility index (Phi) is 11.6. The first-order chi connectivity index (χ1) is 18.2. The molecular weight excluding hydrogens is 533 g/mol. The van der Waals surface area contributed by atoms with Gasteiger partial charge in [-0.05, 0) is 60.7 Å². The van der Waals surface area contributed by atoms with E-state index in [2.05, 4.69) is 5.18 Å². The lowest BCUT2D eigenvalue weighted by molar-refractivity contribution is -0.143. The summed E-state index contributed by atoms with van der Waals surface area (Å²) in [5, 5.41) is 2.27. The van der Waals surface area contributed by atoms with Gasteiger partial charge in [0, 0.05) is 44.8 Å². The molecule has 1 saturated heterocycles. The van der Waals surface area contributed by atoms with Crippen molar-refractivity contribution in [2.24, 2.45) is 5.18 Å². The number of carbonyl (C=O) groups is 1. The number of carbonyl (C=O) groups excluding carboxylic acids is 1. The minimum absolute atomic E-state index is 0.00565. The molecule has 0 N–H and O–H groups in total. The quantitative estimate of drug-likeness (QED) is 0.286. The van der Waals surface area contributed by atoms with Gasteiger partial charge >= 0.3 is 12.4 Å². The first kappa shape index (κ1) is 31.9. The molecule has 0 saturated carbocycles. The van der Waals surface area contributed by atoms with Crippen LogP contribution >= 0.6 is 0 Å². The molecule has 12 heteroatoms. The van der Waals surface area contributed by atoms with Crippen LogP contribution in [0.1, 0.15) is 53.9 Å². The Balaban J connectivity index is 0.000000215. The van der Waals surface area contributed by atoms with E-state index in [-0.39, 0.29) is 17.7 Å². The molecule has 1 atom stereocenters. The number of hydrogen-bond donors (Lipinski definition) is 0. The van der Waals surface area contributed by atoms with Gasteiger partial charge in [0.2, 0.25) is 0 Å². The van der Waals surface area contributed by atoms with Gasteiger partial charge in [-0.1, -0.05) is 17.3 Å². The highest BCUT2D eigenvalue weighted by Crippen LogP contribution is 2.36. The van der Waals surface area contributed by atoms with Crippen molar-refractivity contribution < 1.29 is 40.3 Å². The van der Waals surface area contributed by atoms with Crippen LogP contribution in [-0.2, 0) is 28.4 Å². The number of ketones is 1. The molecule has 0 unspecified atom stereocenters. The summed E-state index contributed by atoms with van der Waals surface area (Å²) in [6.45, 7) is 0.913. The molecular formula is C27H29F7N2O3. The van der Waals surface area contributed by atoms with E-state index in [0.717, 1.165) is 38.2 Å². The number of hydrogen-bond acceptors (Lipinski definition) is 5. The summed E-state index contributed by atoms with van der Waals surface area (Å²) >= 11 is 0. The average molecular weight is 563 g/mol. The van der Waals surface area contributed by atoms with Crippen LogP contribution in [0.5, 0.6) is 0 Å². The van der Waals surface area contributed by atoms with Gasteiger partial charge in [-0.15, -0.1) is 0 Å². The Morgan fingerprint density at radius 1 is 0.949 bits per heavy atom. The van der Waals surface area contributed by atoms with Crippen LogP contribution in [0.25, 0.3) is 0 Å². The average Bonchev–Trinajstić information content (AvgIpc) is 3.32. The van der Waals surface area contributed by atoms with Crippen molar-refractivity contribution in [2.75, 3.05) is 27.3 Å². The predicted molar refractivity (Wildman–Crippen MR) is 131 cm³/mol. The van der Waals surface area contributed by atoms with E-state index in [1.165, 1.54) is 17.7 Å². The fourth-order valence-corrected chi connectivity index (χ4v) is 3.86. The third kappa shape index (κ3) is 10.8. The van der Waals surface area contributed by atoms with Crippen LogP contribution in [0.4, 0.5) is 30.7 Å². The molecule has 0 bridgehead atoms. The fourth-order valence-electron chi connectivity index (χ4n) is 3.86. The molecule has 39 heavy (non-hydrogen) atoms. The molecule has 5 nitrogen and oxygen atoms in total. The second-order valence-corrected chi connectivity index (χ2v) is 9.16. The number of rotatable bonds is 4. The molecule has 1 heterocycles. The van der Waals surface area contributed by atoms with Gasteiger partial charge in [0.05, 0.1) is 17.7 Å². The first-order valence-corrected chi connectivity index (χ1v) is 12.0. The number of halogens is 7. The van der Waals surface area contributed by atoms with Gasteiger partial charge in [-0.25, -0.2) is 4.39 Å². The van der Waals surface area contributed by atoms with Gasteiger partial charge < -0.3 is 9.64 Å². The van der Waals surface area contributed by atoms with Crippen molar-refractivity contribution in [1.29, 1.82) is 0 Å². The lowest BCUT2D eigenvalue weighted by Crippen LogP contribution is -2.15. The molecule has 2 aliphatic rings. The summed E-state index contributed by atoms with van der Waals surface area (Å²) in [6, 6.07) is 7.68. The second kappa shape index (κ2) is 14.2. The molecule has 214 valence electrons. The summed E-state index contributed by atoms with van der Waals surface area (Å²) < 4.78 is 91.8. The van der Waals surface area contributed by atoms with E-state index in [1.807, 2.05) is 31.1 Å². The fraction of sp³-hybridized carbons (Fsp3) is 0.444. The number of nitrogens with zero attached hydrogens (tertiary/aromatic N) is 2. The smallest absolute Gasteiger partial charge is 0.381 e. The van der Waals surface area contributed by atoms with E-state index in [9.17, 15) is 40.4 Å². The maximum atomic E-state index is 12.6. The minimum atomic E-state index is -4.90. The Labute approximate surface area is 221 Å². The third-order valence-corrected chi connectivity index (χ3v) is 5.93. The molecule has 1 aliphatic heterocycles. The van der Waals surface area contributed by atoms with Crippen LogP contribution in [0.15, 0.2) is 59.4 Å². The van der Waals surface area contributed by atoms with Crippen molar-refractivity contribution in [3.8, 4) is 0 Å². The summed E-state index contributed by atoms with van der Waals surface area (Å²) in [5.41, 5.74) is -0.986. The SMILES string of the molecule is CN(C)C1=CC(=O)CC1.Fc1ccc([C@H]2CCCOC2)cc1.O=NCc1cc(C(F)(F)F)cc(C(F)(F)F)c1. The van der Waals surface area contributed by atoms with Crippen LogP contribution in [0.2, 0.25) is 0 Å². The molecule has 2 aromatic carbocycles. The summed E-state index contributed by atoms with van der Waals surface area (Å²) in [6.07, 6.45) is -4.19. The zero-order valence-electron chi connectivity index (χ0n) is 21.4. The highest BCUT2D eigenvalue weighted by Gasteiger charge is 2.36. The lowest BCUT2D eigenvalue weighted by Gasteiger charge is -2.22. The lowest BCUT2D eigenvalue weighted by atomic mass is 9.94. The molecule has 4 rings (SSSR count). The molecule has 0 spiro atoms. The van der Waals surface area contributed by atoms with Crippen LogP contribution in [0.3, 0.4) is 0 Å². The number of nitroso groups, excluding NO2 is 1. The highest BCUT2D eigenvalue weighted by atomic mass is 19.4. The largest absolute Gasteiger partial charge is 0.416 e. The van der Waals surface area contributed by atoms with Crippen molar-refractivity contribution in [2.45, 2.75) is 50.5 Å². The zero-order chi connectivity index (χ0) is 29.2. The number of allylic oxidation sites excluding steroid dienone is 2. The highest BCUT2D eigenvalue weighted by molar-refractivity contribution is 5.92. The van der Waals surface area contributed by atoms with E-state index in [1.54, 1.807) is 6.08 Å². The summed E-state index contributed by atoms with van der Waals surface area (Å²) in [7, 11) is 3.93. The molecule has 2 aromatic rings. The standard InChI is InChI=1S/C11H13FO.C9H5F6NO.C7H11NO/c12-11-5-3-9(4-6-11)10-2-1-7-13-8-10;10-8(11,12)6-1-5(4-16-17)2-7(3-6)9(13,14)15;1-8(2)6-3-4-7(9)5-6/h3-6,10H,1-2,7-8H2;1-3H,4H2;5H,3-4H2,1-2H3/t10-;;/m0../s1. The van der Waals surface area contributed by atoms with Crippen LogP contribution in [0, 0.1) is 10.7 Å². The van der Waals surface area contributed by atoms with Crippen molar-refractivity contribution in [3.05, 3.63) is 87.2 Å². The molecule has 1 fully saturated rings. The Hall–Kier alpha value is -3.28. The summed E-state index contributed by atoms with van der Waals surface area (Å²) in [5.74, 6) is 0.563. The minimum Gasteiger partial charge on any atom is -0.381 e. The Morgan fingerprint density at radius 3 is 1.92 bits per heavy atom. The second-order valence-electron chi connectivity index (χ2n) is 9.16. The third-order valence-electron chi connectivity index (χ3n) is 5.93. The van der Waals surface area contributed by atoms with Crippen molar-refractivity contribution >= 4 is 5.78 Å². The van der Waals surface area contributed by atoms with Gasteiger partial charge in [0.25, 0.3) is 0 Å². The van der Waals surface area contributed by atoms with E-state index in [4.69, 9.17) is 4.74 Å². The first-order valence-electron chi connectivity index (χ1n) is 12.0. The van der Waals surface area contributed by atoms with Crippen molar-refractivity contribution in [1.82, 2.24) is 4.90 Å². The molecule has 0 aromatic heterocycles. The Morgan fingerprint density at radius 2 is 1.54 bits per heavy atom. The number of alkyl halides is 6. The summed E-state index contributed by atoms with van der Waals surface area (Å²) in [4.78, 5) is 22.5. The topological polar surface area (TPSA) is 59.0 Å². The molecule has 0 amide bonds. The molecule has 0 radical (unpaired) electrons.